The Labute approximate surface area is 158 Å². The SMILES string of the molecule is O=C1CCC(N2Cc3ccc(CNCCC4CCNC4)cc3C2=O)C(=O)N1. The van der Waals surface area contributed by atoms with Crippen molar-refractivity contribution in [1.29, 1.82) is 0 Å². The summed E-state index contributed by atoms with van der Waals surface area (Å²) in [5.74, 6) is 0.0254. The predicted octanol–water partition coefficient (Wildman–Crippen LogP) is 0.537. The van der Waals surface area contributed by atoms with Crippen LogP contribution in [0.1, 0.15) is 47.2 Å². The van der Waals surface area contributed by atoms with Crippen molar-refractivity contribution in [2.45, 2.75) is 44.8 Å². The Balaban J connectivity index is 1.35. The minimum Gasteiger partial charge on any atom is -0.322 e. The summed E-state index contributed by atoms with van der Waals surface area (Å²) in [6.07, 6.45) is 3.10. The van der Waals surface area contributed by atoms with E-state index in [0.29, 0.717) is 18.5 Å². The minimum atomic E-state index is -0.552. The van der Waals surface area contributed by atoms with E-state index < -0.39 is 6.04 Å². The van der Waals surface area contributed by atoms with Crippen LogP contribution in [0, 0.1) is 5.92 Å². The average Bonchev–Trinajstić information content (AvgIpc) is 3.28. The summed E-state index contributed by atoms with van der Waals surface area (Å²) in [6.45, 7) is 4.38. The van der Waals surface area contributed by atoms with E-state index in [2.05, 4.69) is 16.0 Å². The molecule has 2 saturated heterocycles. The van der Waals surface area contributed by atoms with Gasteiger partial charge in [0.1, 0.15) is 6.04 Å². The molecule has 7 heteroatoms. The van der Waals surface area contributed by atoms with Crippen LogP contribution >= 0.6 is 0 Å². The molecule has 4 rings (SSSR count). The zero-order valence-corrected chi connectivity index (χ0v) is 15.4. The van der Waals surface area contributed by atoms with E-state index in [1.807, 2.05) is 18.2 Å². The van der Waals surface area contributed by atoms with Gasteiger partial charge in [0.15, 0.2) is 0 Å². The Hall–Kier alpha value is -2.25. The fourth-order valence-corrected chi connectivity index (χ4v) is 4.21. The largest absolute Gasteiger partial charge is 0.322 e. The highest BCUT2D eigenvalue weighted by molar-refractivity contribution is 6.05. The van der Waals surface area contributed by atoms with E-state index >= 15 is 0 Å². The van der Waals surface area contributed by atoms with Crippen LogP contribution in [0.4, 0.5) is 0 Å². The number of amides is 3. The molecule has 0 aromatic heterocycles. The van der Waals surface area contributed by atoms with Crippen molar-refractivity contribution in [1.82, 2.24) is 20.9 Å². The van der Waals surface area contributed by atoms with Crippen molar-refractivity contribution < 1.29 is 14.4 Å². The van der Waals surface area contributed by atoms with E-state index in [9.17, 15) is 14.4 Å². The van der Waals surface area contributed by atoms with Crippen molar-refractivity contribution in [3.05, 3.63) is 34.9 Å². The Morgan fingerprint density at radius 3 is 2.85 bits per heavy atom. The van der Waals surface area contributed by atoms with E-state index in [1.54, 1.807) is 4.90 Å². The predicted molar refractivity (Wildman–Crippen MR) is 99.8 cm³/mol. The minimum absolute atomic E-state index is 0.113. The number of carbonyl (C=O) groups is 3. The van der Waals surface area contributed by atoms with E-state index in [4.69, 9.17) is 0 Å². The molecule has 0 aliphatic carbocycles. The Morgan fingerprint density at radius 2 is 2.07 bits per heavy atom. The first-order valence-electron chi connectivity index (χ1n) is 9.79. The summed E-state index contributed by atoms with van der Waals surface area (Å²) in [5, 5.41) is 9.19. The van der Waals surface area contributed by atoms with Crippen molar-refractivity contribution >= 4 is 17.7 Å². The second-order valence-electron chi connectivity index (χ2n) is 7.72. The summed E-state index contributed by atoms with van der Waals surface area (Å²) in [5.41, 5.74) is 2.71. The molecular weight excluding hydrogens is 344 g/mol. The molecule has 0 spiro atoms. The maximum atomic E-state index is 12.8. The van der Waals surface area contributed by atoms with Gasteiger partial charge in [0.2, 0.25) is 11.8 Å². The zero-order chi connectivity index (χ0) is 18.8. The number of rotatable bonds is 6. The molecule has 3 heterocycles. The second-order valence-corrected chi connectivity index (χ2v) is 7.72. The number of fused-ring (bicyclic) bond motifs is 1. The van der Waals surface area contributed by atoms with Crippen LogP contribution in [-0.2, 0) is 22.7 Å². The summed E-state index contributed by atoms with van der Waals surface area (Å²) >= 11 is 0. The quantitative estimate of drug-likeness (QED) is 0.502. The van der Waals surface area contributed by atoms with Gasteiger partial charge in [0.05, 0.1) is 0 Å². The Kier molecular flexibility index (Phi) is 5.22. The highest BCUT2D eigenvalue weighted by atomic mass is 16.2. The van der Waals surface area contributed by atoms with Gasteiger partial charge in [-0.15, -0.1) is 0 Å². The number of hydrogen-bond donors (Lipinski definition) is 3. The van der Waals surface area contributed by atoms with Gasteiger partial charge < -0.3 is 15.5 Å². The van der Waals surface area contributed by atoms with Gasteiger partial charge in [0, 0.05) is 25.1 Å². The standard InChI is InChI=1S/C20H26N4O3/c25-18-4-3-17(19(26)23-18)24-12-15-2-1-14(9-16(15)20(24)27)11-22-8-6-13-5-7-21-10-13/h1-2,9,13,17,21-22H,3-8,10-12H2,(H,23,25,26). The maximum absolute atomic E-state index is 12.8. The van der Waals surface area contributed by atoms with Crippen LogP contribution in [0.25, 0.3) is 0 Å². The third-order valence-corrected chi connectivity index (χ3v) is 5.81. The zero-order valence-electron chi connectivity index (χ0n) is 15.4. The molecule has 3 amide bonds. The van der Waals surface area contributed by atoms with Gasteiger partial charge in [-0.25, -0.2) is 0 Å². The molecule has 3 aliphatic rings. The van der Waals surface area contributed by atoms with Gasteiger partial charge in [-0.2, -0.15) is 0 Å². The molecule has 3 N–H and O–H groups in total. The van der Waals surface area contributed by atoms with Crippen molar-refractivity contribution in [3.63, 3.8) is 0 Å². The molecule has 0 bridgehead atoms. The molecule has 3 aliphatic heterocycles. The summed E-state index contributed by atoms with van der Waals surface area (Å²) in [6, 6.07) is 5.42. The van der Waals surface area contributed by atoms with Crippen molar-refractivity contribution in [2.75, 3.05) is 19.6 Å². The molecule has 0 radical (unpaired) electrons. The van der Waals surface area contributed by atoms with Crippen LogP contribution in [0.15, 0.2) is 18.2 Å². The molecule has 2 unspecified atom stereocenters. The number of piperidine rings is 1. The molecule has 0 saturated carbocycles. The van der Waals surface area contributed by atoms with Crippen LogP contribution in [0.3, 0.4) is 0 Å². The molecule has 2 fully saturated rings. The third kappa shape index (κ3) is 3.89. The molecule has 2 atom stereocenters. The lowest BCUT2D eigenvalue weighted by Crippen LogP contribution is -2.52. The van der Waals surface area contributed by atoms with E-state index in [-0.39, 0.29) is 24.1 Å². The monoisotopic (exact) mass is 370 g/mol. The van der Waals surface area contributed by atoms with E-state index in [1.165, 1.54) is 12.8 Å². The first-order chi connectivity index (χ1) is 13.1. The summed E-state index contributed by atoms with van der Waals surface area (Å²) < 4.78 is 0. The molecule has 144 valence electrons. The Bertz CT molecular complexity index is 758. The molecule has 1 aromatic rings. The molecule has 27 heavy (non-hydrogen) atoms. The smallest absolute Gasteiger partial charge is 0.255 e. The lowest BCUT2D eigenvalue weighted by atomic mass is 10.0. The molecule has 7 nitrogen and oxygen atoms in total. The third-order valence-electron chi connectivity index (χ3n) is 5.81. The van der Waals surface area contributed by atoms with Crippen LogP contribution in [0.5, 0.6) is 0 Å². The first kappa shape index (κ1) is 18.1. The lowest BCUT2D eigenvalue weighted by Gasteiger charge is -2.29. The van der Waals surface area contributed by atoms with E-state index in [0.717, 1.165) is 43.2 Å². The lowest BCUT2D eigenvalue weighted by molar-refractivity contribution is -0.136. The fraction of sp³-hybridized carbons (Fsp3) is 0.550. The number of nitrogens with one attached hydrogen (secondary N) is 3. The normalized spacial score (nSPS) is 25.0. The first-order valence-corrected chi connectivity index (χ1v) is 9.79. The number of nitrogens with zero attached hydrogens (tertiary/aromatic N) is 1. The van der Waals surface area contributed by atoms with Crippen molar-refractivity contribution in [2.24, 2.45) is 5.92 Å². The number of benzene rings is 1. The van der Waals surface area contributed by atoms with Gasteiger partial charge in [-0.3, -0.25) is 19.7 Å². The highest BCUT2D eigenvalue weighted by Crippen LogP contribution is 2.28. The topological polar surface area (TPSA) is 90.5 Å². The molecule has 1 aromatic carbocycles. The second kappa shape index (κ2) is 7.78. The van der Waals surface area contributed by atoms with Crippen LogP contribution < -0.4 is 16.0 Å². The highest BCUT2D eigenvalue weighted by Gasteiger charge is 2.39. The summed E-state index contributed by atoms with van der Waals surface area (Å²) in [7, 11) is 0. The van der Waals surface area contributed by atoms with Crippen LogP contribution in [0.2, 0.25) is 0 Å². The van der Waals surface area contributed by atoms with Crippen LogP contribution in [-0.4, -0.2) is 48.3 Å². The summed E-state index contributed by atoms with van der Waals surface area (Å²) in [4.78, 5) is 37.8. The van der Waals surface area contributed by atoms with Gasteiger partial charge in [-0.05, 0) is 62.0 Å². The van der Waals surface area contributed by atoms with Gasteiger partial charge in [-0.1, -0.05) is 12.1 Å². The van der Waals surface area contributed by atoms with Crippen molar-refractivity contribution in [3.8, 4) is 0 Å². The van der Waals surface area contributed by atoms with Gasteiger partial charge >= 0.3 is 0 Å². The average molecular weight is 370 g/mol. The number of imide groups is 1. The maximum Gasteiger partial charge on any atom is 0.255 e. The van der Waals surface area contributed by atoms with Gasteiger partial charge in [0.25, 0.3) is 5.91 Å². The number of carbonyl (C=O) groups excluding carboxylic acids is 3. The Morgan fingerprint density at radius 1 is 1.19 bits per heavy atom. The fourth-order valence-electron chi connectivity index (χ4n) is 4.21. The number of hydrogen-bond acceptors (Lipinski definition) is 5. The molecular formula is C20H26N4O3.